The lowest BCUT2D eigenvalue weighted by Crippen LogP contribution is -2.52. The molecule has 1 saturated heterocycles. The maximum atomic E-state index is 14.2. The van der Waals surface area contributed by atoms with Crippen LogP contribution in [0.3, 0.4) is 0 Å². The van der Waals surface area contributed by atoms with E-state index in [0.717, 1.165) is 28.8 Å². The molecule has 3 aromatic carbocycles. The minimum Gasteiger partial charge on any atom is -0.382 e. The number of hydrogen-bond donors (Lipinski definition) is 2. The number of benzene rings is 3. The van der Waals surface area contributed by atoms with Crippen molar-refractivity contribution in [3.63, 3.8) is 0 Å². The summed E-state index contributed by atoms with van der Waals surface area (Å²) in [5, 5.41) is 15.1. The smallest absolute Gasteiger partial charge is 0.123 e. The van der Waals surface area contributed by atoms with E-state index in [1.807, 2.05) is 60.7 Å². The Morgan fingerprint density at radius 3 is 2.34 bits per heavy atom. The van der Waals surface area contributed by atoms with Gasteiger partial charge in [0.1, 0.15) is 17.5 Å². The summed E-state index contributed by atoms with van der Waals surface area (Å²) in [6.45, 7) is 1.84. The van der Waals surface area contributed by atoms with E-state index in [4.69, 9.17) is 4.74 Å². The number of rotatable bonds is 5. The highest BCUT2D eigenvalue weighted by Crippen LogP contribution is 2.35. The summed E-state index contributed by atoms with van der Waals surface area (Å²) in [7, 11) is 0. The molecule has 1 aliphatic heterocycles. The summed E-state index contributed by atoms with van der Waals surface area (Å²) in [5.74, 6) is -0.312. The summed E-state index contributed by atoms with van der Waals surface area (Å²) in [5.41, 5.74) is 2.17. The van der Waals surface area contributed by atoms with Gasteiger partial charge >= 0.3 is 0 Å². The van der Waals surface area contributed by atoms with Gasteiger partial charge in [-0.3, -0.25) is 0 Å². The van der Waals surface area contributed by atoms with Gasteiger partial charge in [-0.05, 0) is 34.4 Å². The molecule has 5 heteroatoms. The summed E-state index contributed by atoms with van der Waals surface area (Å²) in [6, 6.07) is 24.2. The first-order valence-corrected chi connectivity index (χ1v) is 9.61. The van der Waals surface area contributed by atoms with Crippen molar-refractivity contribution in [2.75, 3.05) is 19.7 Å². The largest absolute Gasteiger partial charge is 0.382 e. The van der Waals surface area contributed by atoms with Crippen LogP contribution in [0.25, 0.3) is 11.1 Å². The maximum absolute atomic E-state index is 14.2. The molecule has 2 N–H and O–H groups in total. The lowest BCUT2D eigenvalue weighted by molar-refractivity contribution is -0.124. The Balaban J connectivity index is 0.00000240. The average Bonchev–Trinajstić information content (AvgIpc) is 2.76. The number of halogens is 2. The van der Waals surface area contributed by atoms with E-state index in [1.54, 1.807) is 6.07 Å². The molecule has 0 aromatic heterocycles. The van der Waals surface area contributed by atoms with Gasteiger partial charge in [-0.2, -0.15) is 0 Å². The number of hydrogen-bond acceptors (Lipinski definition) is 3. The van der Waals surface area contributed by atoms with Crippen LogP contribution < -0.4 is 5.32 Å². The molecule has 0 bridgehead atoms. The molecule has 1 fully saturated rings. The predicted molar refractivity (Wildman–Crippen MR) is 116 cm³/mol. The van der Waals surface area contributed by atoms with Crippen molar-refractivity contribution in [2.24, 2.45) is 0 Å². The number of ether oxygens (including phenoxy) is 1. The summed E-state index contributed by atoms with van der Waals surface area (Å²) in [6.07, 6.45) is -0.165. The molecule has 3 aromatic rings. The van der Waals surface area contributed by atoms with Crippen LogP contribution in [0, 0.1) is 5.82 Å². The van der Waals surface area contributed by atoms with Gasteiger partial charge in [0, 0.05) is 19.5 Å². The van der Waals surface area contributed by atoms with E-state index in [2.05, 4.69) is 5.32 Å². The van der Waals surface area contributed by atoms with E-state index in [0.29, 0.717) is 13.2 Å². The van der Waals surface area contributed by atoms with Crippen LogP contribution in [-0.4, -0.2) is 30.9 Å². The third-order valence-corrected chi connectivity index (χ3v) is 5.35. The molecule has 2 atom stereocenters. The SMILES string of the molecule is Cl.O[C@](Cc1cc(F)ccc1-c1ccccc1)(c1ccccc1)[C@H]1CNCCO1. The third-order valence-electron chi connectivity index (χ3n) is 5.35. The van der Waals surface area contributed by atoms with Crippen molar-refractivity contribution in [3.05, 3.63) is 95.8 Å². The normalized spacial score (nSPS) is 18.5. The molecule has 0 saturated carbocycles. The van der Waals surface area contributed by atoms with Gasteiger partial charge in [0.25, 0.3) is 0 Å². The Kier molecular flexibility index (Phi) is 7.04. The quantitative estimate of drug-likeness (QED) is 0.654. The second-order valence-electron chi connectivity index (χ2n) is 7.20. The van der Waals surface area contributed by atoms with Crippen LogP contribution in [0.5, 0.6) is 0 Å². The van der Waals surface area contributed by atoms with Crippen LogP contribution in [0.1, 0.15) is 11.1 Å². The Labute approximate surface area is 177 Å². The molecule has 0 amide bonds. The summed E-state index contributed by atoms with van der Waals surface area (Å²) >= 11 is 0. The molecular formula is C24H25ClFNO2. The van der Waals surface area contributed by atoms with Gasteiger partial charge in [-0.25, -0.2) is 4.39 Å². The molecule has 29 heavy (non-hydrogen) atoms. The molecule has 0 aliphatic carbocycles. The molecule has 0 unspecified atom stereocenters. The topological polar surface area (TPSA) is 41.5 Å². The standard InChI is InChI=1S/C24H24FNO2.ClH/c25-21-11-12-22(18-7-3-1-4-8-18)19(15-21)16-24(27,20-9-5-2-6-10-20)23-17-26-13-14-28-23;/h1-12,15,23,26-27H,13-14,16-17H2;1H/t23-,24-;/m1./s1. The molecular weight excluding hydrogens is 389 g/mol. The Morgan fingerprint density at radius 2 is 1.69 bits per heavy atom. The minimum absolute atomic E-state index is 0. The molecule has 1 heterocycles. The van der Waals surface area contributed by atoms with Crippen molar-refractivity contribution >= 4 is 12.4 Å². The van der Waals surface area contributed by atoms with Crippen molar-refractivity contribution in [2.45, 2.75) is 18.1 Å². The number of nitrogens with one attached hydrogen (secondary N) is 1. The molecule has 152 valence electrons. The van der Waals surface area contributed by atoms with Gasteiger partial charge in [-0.15, -0.1) is 12.4 Å². The fourth-order valence-electron chi connectivity index (χ4n) is 3.90. The highest BCUT2D eigenvalue weighted by atomic mass is 35.5. The maximum Gasteiger partial charge on any atom is 0.123 e. The first kappa shape index (κ1) is 21.5. The Hall–Kier alpha value is -2.24. The highest BCUT2D eigenvalue weighted by Gasteiger charge is 2.41. The minimum atomic E-state index is -1.27. The molecule has 1 aliphatic rings. The van der Waals surface area contributed by atoms with Crippen molar-refractivity contribution < 1.29 is 14.2 Å². The van der Waals surface area contributed by atoms with Crippen molar-refractivity contribution in [1.82, 2.24) is 5.32 Å². The lowest BCUT2D eigenvalue weighted by Gasteiger charge is -2.39. The second kappa shape index (κ2) is 9.51. The third kappa shape index (κ3) is 4.68. The molecule has 0 radical (unpaired) electrons. The van der Waals surface area contributed by atoms with E-state index in [1.165, 1.54) is 12.1 Å². The van der Waals surface area contributed by atoms with Gasteiger partial charge < -0.3 is 15.2 Å². The van der Waals surface area contributed by atoms with Crippen molar-refractivity contribution in [1.29, 1.82) is 0 Å². The highest BCUT2D eigenvalue weighted by molar-refractivity contribution is 5.85. The number of morpholine rings is 1. The lowest BCUT2D eigenvalue weighted by atomic mass is 9.80. The molecule has 0 spiro atoms. The zero-order valence-corrected chi connectivity index (χ0v) is 16.9. The van der Waals surface area contributed by atoms with Crippen LogP contribution in [-0.2, 0) is 16.8 Å². The molecule has 4 rings (SSSR count). The summed E-state index contributed by atoms with van der Waals surface area (Å²) < 4.78 is 20.1. The summed E-state index contributed by atoms with van der Waals surface area (Å²) in [4.78, 5) is 0. The first-order chi connectivity index (χ1) is 13.7. The Morgan fingerprint density at radius 1 is 1.00 bits per heavy atom. The zero-order chi connectivity index (χ0) is 19.4. The Bertz CT molecular complexity index is 917. The average molecular weight is 414 g/mol. The second-order valence-corrected chi connectivity index (χ2v) is 7.20. The van der Waals surface area contributed by atoms with Gasteiger partial charge in [-0.1, -0.05) is 66.7 Å². The van der Waals surface area contributed by atoms with Gasteiger partial charge in [0.2, 0.25) is 0 Å². The van der Waals surface area contributed by atoms with E-state index < -0.39 is 11.7 Å². The van der Waals surface area contributed by atoms with Gasteiger partial charge in [0.05, 0.1) is 6.61 Å². The van der Waals surface area contributed by atoms with E-state index >= 15 is 0 Å². The zero-order valence-electron chi connectivity index (χ0n) is 16.1. The fourth-order valence-corrected chi connectivity index (χ4v) is 3.90. The van der Waals surface area contributed by atoms with Crippen LogP contribution in [0.2, 0.25) is 0 Å². The van der Waals surface area contributed by atoms with Crippen molar-refractivity contribution in [3.8, 4) is 11.1 Å². The predicted octanol–water partition coefficient (Wildman–Crippen LogP) is 4.33. The number of aliphatic hydroxyl groups is 1. The fraction of sp³-hybridized carbons (Fsp3) is 0.250. The van der Waals surface area contributed by atoms with Crippen LogP contribution >= 0.6 is 12.4 Å². The van der Waals surface area contributed by atoms with E-state index in [9.17, 15) is 9.50 Å². The van der Waals surface area contributed by atoms with E-state index in [-0.39, 0.29) is 24.6 Å². The molecule has 3 nitrogen and oxygen atoms in total. The monoisotopic (exact) mass is 413 g/mol. The van der Waals surface area contributed by atoms with Crippen LogP contribution in [0.4, 0.5) is 4.39 Å². The van der Waals surface area contributed by atoms with Crippen LogP contribution in [0.15, 0.2) is 78.9 Å². The van der Waals surface area contributed by atoms with Gasteiger partial charge in [0.15, 0.2) is 0 Å². The first-order valence-electron chi connectivity index (χ1n) is 9.61.